The van der Waals surface area contributed by atoms with Gasteiger partial charge in [-0.25, -0.2) is 0 Å². The minimum Gasteiger partial charge on any atom is -0.326 e. The van der Waals surface area contributed by atoms with Crippen molar-refractivity contribution < 1.29 is 4.79 Å². The predicted molar refractivity (Wildman–Crippen MR) is 83.9 cm³/mol. The van der Waals surface area contributed by atoms with Crippen LogP contribution in [0.5, 0.6) is 0 Å². The normalized spacial score (nSPS) is 19.8. The van der Waals surface area contributed by atoms with Crippen LogP contribution in [0.4, 0.5) is 5.69 Å². The SMILES string of the molecule is CCCCc1ccc(NC(=O)[C@@H]2CCCN(C)C2)cc1. The third-order valence-corrected chi connectivity index (χ3v) is 4.04. The smallest absolute Gasteiger partial charge is 0.228 e. The van der Waals surface area contributed by atoms with Crippen molar-refractivity contribution in [2.24, 2.45) is 5.92 Å². The highest BCUT2D eigenvalue weighted by atomic mass is 16.1. The lowest BCUT2D eigenvalue weighted by Crippen LogP contribution is -2.38. The Morgan fingerprint density at radius 3 is 2.75 bits per heavy atom. The lowest BCUT2D eigenvalue weighted by atomic mass is 9.97. The van der Waals surface area contributed by atoms with Crippen molar-refractivity contribution in [1.82, 2.24) is 4.90 Å². The van der Waals surface area contributed by atoms with Crippen LogP contribution in [0.15, 0.2) is 24.3 Å². The van der Waals surface area contributed by atoms with Gasteiger partial charge in [-0.15, -0.1) is 0 Å². The van der Waals surface area contributed by atoms with E-state index in [4.69, 9.17) is 0 Å². The number of unbranched alkanes of at least 4 members (excludes halogenated alkanes) is 1. The molecule has 0 unspecified atom stereocenters. The molecule has 0 radical (unpaired) electrons. The molecule has 1 fully saturated rings. The minimum absolute atomic E-state index is 0.133. The number of rotatable bonds is 5. The molecule has 0 spiro atoms. The van der Waals surface area contributed by atoms with Crippen LogP contribution >= 0.6 is 0 Å². The molecule has 1 aromatic carbocycles. The third kappa shape index (κ3) is 4.34. The number of likely N-dealkylation sites (tertiary alicyclic amines) is 1. The summed E-state index contributed by atoms with van der Waals surface area (Å²) in [6.45, 7) is 4.19. The number of hydrogen-bond acceptors (Lipinski definition) is 2. The predicted octanol–water partition coefficient (Wildman–Crippen LogP) is 3.31. The van der Waals surface area contributed by atoms with E-state index in [1.165, 1.54) is 18.4 Å². The first-order valence-corrected chi connectivity index (χ1v) is 7.77. The Bertz CT molecular complexity index is 427. The molecule has 1 N–H and O–H groups in total. The quantitative estimate of drug-likeness (QED) is 0.893. The van der Waals surface area contributed by atoms with Crippen LogP contribution in [0.3, 0.4) is 0 Å². The molecule has 1 aliphatic heterocycles. The van der Waals surface area contributed by atoms with Gasteiger partial charge in [-0.05, 0) is 57.0 Å². The van der Waals surface area contributed by atoms with Crippen molar-refractivity contribution in [1.29, 1.82) is 0 Å². The molecular weight excluding hydrogens is 248 g/mol. The monoisotopic (exact) mass is 274 g/mol. The Balaban J connectivity index is 1.87. The van der Waals surface area contributed by atoms with Crippen LogP contribution in [0.2, 0.25) is 0 Å². The highest BCUT2D eigenvalue weighted by Gasteiger charge is 2.23. The molecule has 0 bridgehead atoms. The molecular formula is C17H26N2O. The van der Waals surface area contributed by atoms with Gasteiger partial charge in [-0.3, -0.25) is 4.79 Å². The highest BCUT2D eigenvalue weighted by Crippen LogP contribution is 2.18. The van der Waals surface area contributed by atoms with Gasteiger partial charge in [-0.2, -0.15) is 0 Å². The van der Waals surface area contributed by atoms with Gasteiger partial charge in [0.1, 0.15) is 0 Å². The maximum Gasteiger partial charge on any atom is 0.228 e. The molecule has 3 nitrogen and oxygen atoms in total. The van der Waals surface area contributed by atoms with E-state index in [9.17, 15) is 4.79 Å². The number of piperidine rings is 1. The molecule has 110 valence electrons. The lowest BCUT2D eigenvalue weighted by molar-refractivity contribution is -0.121. The van der Waals surface area contributed by atoms with E-state index in [2.05, 4.69) is 36.3 Å². The summed E-state index contributed by atoms with van der Waals surface area (Å²) in [5.74, 6) is 0.298. The zero-order valence-corrected chi connectivity index (χ0v) is 12.7. The summed E-state index contributed by atoms with van der Waals surface area (Å²) in [7, 11) is 2.09. The van der Waals surface area contributed by atoms with Gasteiger partial charge >= 0.3 is 0 Å². The largest absolute Gasteiger partial charge is 0.326 e. The summed E-state index contributed by atoms with van der Waals surface area (Å²) in [5.41, 5.74) is 2.27. The van der Waals surface area contributed by atoms with E-state index in [0.29, 0.717) is 0 Å². The standard InChI is InChI=1S/C17H26N2O/c1-3-4-6-14-8-10-16(11-9-14)18-17(20)15-7-5-12-19(2)13-15/h8-11,15H,3-7,12-13H2,1-2H3,(H,18,20)/t15-/m1/s1. The van der Waals surface area contributed by atoms with Crippen molar-refractivity contribution in [3.63, 3.8) is 0 Å². The van der Waals surface area contributed by atoms with Gasteiger partial charge in [0.2, 0.25) is 5.91 Å². The van der Waals surface area contributed by atoms with Gasteiger partial charge in [-0.1, -0.05) is 25.5 Å². The molecule has 1 amide bonds. The highest BCUT2D eigenvalue weighted by molar-refractivity contribution is 5.92. The molecule has 3 heteroatoms. The number of carbonyl (C=O) groups excluding carboxylic acids is 1. The number of anilines is 1. The summed E-state index contributed by atoms with van der Waals surface area (Å²) >= 11 is 0. The second kappa shape index (κ2) is 7.44. The second-order valence-corrected chi connectivity index (χ2v) is 5.89. The van der Waals surface area contributed by atoms with Crippen LogP contribution in [-0.2, 0) is 11.2 Å². The lowest BCUT2D eigenvalue weighted by Gasteiger charge is -2.28. The third-order valence-electron chi connectivity index (χ3n) is 4.04. The van der Waals surface area contributed by atoms with Gasteiger partial charge < -0.3 is 10.2 Å². The average molecular weight is 274 g/mol. The number of amides is 1. The van der Waals surface area contributed by atoms with Gasteiger partial charge in [0, 0.05) is 12.2 Å². The zero-order valence-electron chi connectivity index (χ0n) is 12.7. The van der Waals surface area contributed by atoms with Crippen molar-refractivity contribution >= 4 is 11.6 Å². The van der Waals surface area contributed by atoms with Crippen LogP contribution in [-0.4, -0.2) is 30.9 Å². The van der Waals surface area contributed by atoms with Gasteiger partial charge in [0.25, 0.3) is 0 Å². The molecule has 0 aliphatic carbocycles. The number of benzene rings is 1. The van der Waals surface area contributed by atoms with Gasteiger partial charge in [0.15, 0.2) is 0 Å². The van der Waals surface area contributed by atoms with E-state index in [1.54, 1.807) is 0 Å². The Hall–Kier alpha value is -1.35. The molecule has 0 aromatic heterocycles. The maximum atomic E-state index is 12.2. The number of nitrogens with zero attached hydrogens (tertiary/aromatic N) is 1. The fourth-order valence-electron chi connectivity index (χ4n) is 2.76. The Labute approximate surface area is 122 Å². The number of hydrogen-bond donors (Lipinski definition) is 1. The molecule has 20 heavy (non-hydrogen) atoms. The number of aryl methyl sites for hydroxylation is 1. The molecule has 1 heterocycles. The summed E-state index contributed by atoms with van der Waals surface area (Å²) in [6.07, 6.45) is 5.68. The number of nitrogens with one attached hydrogen (secondary N) is 1. The van der Waals surface area contributed by atoms with E-state index in [-0.39, 0.29) is 11.8 Å². The zero-order chi connectivity index (χ0) is 14.4. The molecule has 1 atom stereocenters. The van der Waals surface area contributed by atoms with Crippen LogP contribution < -0.4 is 5.32 Å². The first kappa shape index (κ1) is 15.0. The number of carbonyl (C=O) groups is 1. The van der Waals surface area contributed by atoms with Crippen LogP contribution in [0, 0.1) is 5.92 Å². The van der Waals surface area contributed by atoms with E-state index in [1.807, 2.05) is 12.1 Å². The van der Waals surface area contributed by atoms with Crippen molar-refractivity contribution in [3.05, 3.63) is 29.8 Å². The van der Waals surface area contributed by atoms with E-state index >= 15 is 0 Å². The van der Waals surface area contributed by atoms with Gasteiger partial charge in [0.05, 0.1) is 5.92 Å². The molecule has 1 aromatic rings. The first-order chi connectivity index (χ1) is 9.69. The second-order valence-electron chi connectivity index (χ2n) is 5.89. The Morgan fingerprint density at radius 1 is 1.35 bits per heavy atom. The molecule has 1 saturated heterocycles. The van der Waals surface area contributed by atoms with Crippen LogP contribution in [0.1, 0.15) is 38.2 Å². The fraction of sp³-hybridized carbons (Fsp3) is 0.588. The first-order valence-electron chi connectivity index (χ1n) is 7.77. The van der Waals surface area contributed by atoms with Crippen molar-refractivity contribution in [3.8, 4) is 0 Å². The average Bonchev–Trinajstić information content (AvgIpc) is 2.46. The molecule has 0 saturated carbocycles. The van der Waals surface area contributed by atoms with E-state index < -0.39 is 0 Å². The summed E-state index contributed by atoms with van der Waals surface area (Å²) < 4.78 is 0. The summed E-state index contributed by atoms with van der Waals surface area (Å²) in [4.78, 5) is 14.5. The van der Waals surface area contributed by atoms with Crippen LogP contribution in [0.25, 0.3) is 0 Å². The maximum absolute atomic E-state index is 12.2. The van der Waals surface area contributed by atoms with E-state index in [0.717, 1.165) is 38.0 Å². The summed E-state index contributed by atoms with van der Waals surface area (Å²) in [5, 5.41) is 3.05. The van der Waals surface area contributed by atoms with Crippen molar-refractivity contribution in [2.45, 2.75) is 39.0 Å². The molecule has 1 aliphatic rings. The Kier molecular flexibility index (Phi) is 5.60. The van der Waals surface area contributed by atoms with Crippen molar-refractivity contribution in [2.75, 3.05) is 25.5 Å². The minimum atomic E-state index is 0.133. The molecule has 2 rings (SSSR count). The fourth-order valence-corrected chi connectivity index (χ4v) is 2.76. The topological polar surface area (TPSA) is 32.3 Å². The Morgan fingerprint density at radius 2 is 2.10 bits per heavy atom. The summed E-state index contributed by atoms with van der Waals surface area (Å²) in [6, 6.07) is 8.29.